The van der Waals surface area contributed by atoms with Crippen LogP contribution in [0.5, 0.6) is 0 Å². The maximum atomic E-state index is 14.7. The minimum absolute atomic E-state index is 0.0331. The monoisotopic (exact) mass is 591 g/mol. The lowest BCUT2D eigenvalue weighted by Gasteiger charge is -2.43. The average Bonchev–Trinajstić information content (AvgIpc) is 3.33. The lowest BCUT2D eigenvalue weighted by molar-refractivity contribution is -0.151. The summed E-state index contributed by atoms with van der Waals surface area (Å²) in [6.07, 6.45) is 0. The number of carboxylic acid groups (broad SMARTS) is 1. The molecule has 0 saturated carbocycles. The van der Waals surface area contributed by atoms with Crippen molar-refractivity contribution in [1.29, 1.82) is 0 Å². The molecule has 3 amide bonds. The number of carboxylic acids is 1. The Balaban J connectivity index is 1.58. The highest BCUT2D eigenvalue weighted by Crippen LogP contribution is 2.37. The largest absolute Gasteiger partial charge is 0.480 e. The molecule has 3 atom stereocenters. The van der Waals surface area contributed by atoms with Crippen LogP contribution < -0.4 is 0 Å². The number of carbonyl (C=O) groups is 3. The van der Waals surface area contributed by atoms with Crippen LogP contribution in [0.3, 0.4) is 0 Å². The fourth-order valence-electron chi connectivity index (χ4n) is 6.22. The first-order valence-corrected chi connectivity index (χ1v) is 14.8. The smallest absolute Gasteiger partial charge is 0.329 e. The van der Waals surface area contributed by atoms with Crippen LogP contribution in [0.25, 0.3) is 0 Å². The average molecular weight is 592 g/mol. The van der Waals surface area contributed by atoms with E-state index in [-0.39, 0.29) is 19.6 Å². The zero-order valence-corrected chi connectivity index (χ0v) is 24.9. The van der Waals surface area contributed by atoms with Gasteiger partial charge in [-0.3, -0.25) is 4.79 Å². The number of amides is 3. The van der Waals surface area contributed by atoms with Gasteiger partial charge in [0.2, 0.25) is 5.91 Å². The summed E-state index contributed by atoms with van der Waals surface area (Å²) in [5.74, 6) is -1.81. The van der Waals surface area contributed by atoms with Gasteiger partial charge in [0.15, 0.2) is 6.04 Å². The van der Waals surface area contributed by atoms with E-state index in [2.05, 4.69) is 0 Å². The van der Waals surface area contributed by atoms with Crippen LogP contribution in [-0.2, 0) is 28.3 Å². The summed E-state index contributed by atoms with van der Waals surface area (Å²) >= 11 is 0. The van der Waals surface area contributed by atoms with Crippen molar-refractivity contribution in [3.8, 4) is 0 Å². The number of likely N-dealkylation sites (N-methyl/N-ethyl adjacent to an activating group) is 1. The van der Waals surface area contributed by atoms with Gasteiger partial charge in [-0.2, -0.15) is 0 Å². The predicted molar refractivity (Wildman–Crippen MR) is 167 cm³/mol. The van der Waals surface area contributed by atoms with E-state index in [1.54, 1.807) is 13.8 Å². The number of urea groups is 1. The van der Waals surface area contributed by atoms with E-state index in [0.29, 0.717) is 11.1 Å². The van der Waals surface area contributed by atoms with Crippen LogP contribution in [-0.4, -0.2) is 67.5 Å². The molecule has 5 rings (SSSR count). The van der Waals surface area contributed by atoms with E-state index in [1.807, 2.05) is 121 Å². The van der Waals surface area contributed by atoms with Gasteiger partial charge in [0.25, 0.3) is 0 Å². The van der Waals surface area contributed by atoms with E-state index < -0.39 is 41.6 Å². The number of carbonyl (C=O) groups excluding carboxylic acids is 2. The van der Waals surface area contributed by atoms with Crippen molar-refractivity contribution in [2.45, 2.75) is 50.7 Å². The molecule has 1 fully saturated rings. The summed E-state index contributed by atoms with van der Waals surface area (Å²) in [6, 6.07) is 32.5. The third-order valence-electron chi connectivity index (χ3n) is 8.48. The van der Waals surface area contributed by atoms with Crippen LogP contribution in [0, 0.1) is 0 Å². The van der Waals surface area contributed by atoms with Gasteiger partial charge in [0.1, 0.15) is 11.6 Å². The molecule has 1 saturated heterocycles. The van der Waals surface area contributed by atoms with Gasteiger partial charge in [-0.15, -0.1) is 0 Å². The molecule has 1 unspecified atom stereocenters. The van der Waals surface area contributed by atoms with E-state index >= 15 is 0 Å². The van der Waals surface area contributed by atoms with Gasteiger partial charge in [-0.05, 0) is 36.1 Å². The van der Waals surface area contributed by atoms with Gasteiger partial charge in [0, 0.05) is 19.6 Å². The quantitative estimate of drug-likeness (QED) is 0.252. The first-order chi connectivity index (χ1) is 21.3. The van der Waals surface area contributed by atoms with E-state index in [1.165, 1.54) is 14.7 Å². The SMILES string of the molecule is CCN(C(=O)[C@H]1[C@@H](C(=O)O)N(Cc2ccccc2)C(=O)N1Cc1ccccc1)C(C)C(O)(c1ccccc1)c1ccccc1. The highest BCUT2D eigenvalue weighted by Gasteiger charge is 2.55. The van der Waals surface area contributed by atoms with E-state index in [4.69, 9.17) is 0 Å². The second-order valence-corrected chi connectivity index (χ2v) is 11.0. The molecule has 4 aromatic carbocycles. The summed E-state index contributed by atoms with van der Waals surface area (Å²) in [6.45, 7) is 3.82. The number of hydrogen-bond acceptors (Lipinski definition) is 4. The maximum Gasteiger partial charge on any atom is 0.329 e. The van der Waals surface area contributed by atoms with Gasteiger partial charge < -0.3 is 24.9 Å². The number of aliphatic carboxylic acids is 1. The minimum Gasteiger partial charge on any atom is -0.480 e. The van der Waals surface area contributed by atoms with Crippen LogP contribution in [0.15, 0.2) is 121 Å². The molecule has 1 aliphatic rings. The van der Waals surface area contributed by atoms with Crippen molar-refractivity contribution in [3.63, 3.8) is 0 Å². The van der Waals surface area contributed by atoms with Gasteiger partial charge in [0.05, 0.1) is 6.04 Å². The van der Waals surface area contributed by atoms with Crippen LogP contribution >= 0.6 is 0 Å². The number of benzene rings is 4. The molecule has 0 spiro atoms. The fourth-order valence-corrected chi connectivity index (χ4v) is 6.22. The van der Waals surface area contributed by atoms with Crippen LogP contribution in [0.1, 0.15) is 36.1 Å². The fraction of sp³-hybridized carbons (Fsp3) is 0.250. The Bertz CT molecular complexity index is 1530. The summed E-state index contributed by atoms with van der Waals surface area (Å²) in [5.41, 5.74) is 1.08. The van der Waals surface area contributed by atoms with Gasteiger partial charge >= 0.3 is 12.0 Å². The molecule has 0 radical (unpaired) electrons. The zero-order chi connectivity index (χ0) is 31.3. The zero-order valence-electron chi connectivity index (χ0n) is 24.9. The molecule has 0 aromatic heterocycles. The van der Waals surface area contributed by atoms with Crippen molar-refractivity contribution in [1.82, 2.24) is 14.7 Å². The van der Waals surface area contributed by atoms with Crippen molar-refractivity contribution in [2.75, 3.05) is 6.54 Å². The molecule has 0 bridgehead atoms. The third-order valence-corrected chi connectivity index (χ3v) is 8.48. The molecule has 44 heavy (non-hydrogen) atoms. The van der Waals surface area contributed by atoms with E-state index in [9.17, 15) is 24.6 Å². The lowest BCUT2D eigenvalue weighted by Crippen LogP contribution is -2.59. The summed E-state index contributed by atoms with van der Waals surface area (Å²) in [7, 11) is 0. The van der Waals surface area contributed by atoms with Gasteiger partial charge in [-0.25, -0.2) is 9.59 Å². The number of nitrogens with zero attached hydrogens (tertiary/aromatic N) is 3. The minimum atomic E-state index is -1.62. The van der Waals surface area contributed by atoms with Crippen molar-refractivity contribution < 1.29 is 24.6 Å². The standard InChI is InChI=1S/C36H37N3O5/c1-3-37(26(2)36(44,29-20-12-6-13-21-29)30-22-14-7-15-23-30)33(40)31-32(34(41)42)39(25-28-18-10-5-11-19-28)35(43)38(31)24-27-16-8-4-9-17-27/h4-23,26,31-32,44H,3,24-25H2,1-2H3,(H,41,42)/t26?,31-,32+/m1/s1. The Kier molecular flexibility index (Phi) is 9.11. The summed E-state index contributed by atoms with van der Waals surface area (Å²) in [4.78, 5) is 45.8. The summed E-state index contributed by atoms with van der Waals surface area (Å²) < 4.78 is 0. The molecule has 4 aromatic rings. The van der Waals surface area contributed by atoms with E-state index in [0.717, 1.165) is 11.1 Å². The van der Waals surface area contributed by atoms with Crippen molar-refractivity contribution in [3.05, 3.63) is 144 Å². The van der Waals surface area contributed by atoms with Crippen LogP contribution in [0.4, 0.5) is 4.79 Å². The lowest BCUT2D eigenvalue weighted by atomic mass is 9.79. The molecule has 8 heteroatoms. The second kappa shape index (κ2) is 13.1. The predicted octanol–water partition coefficient (Wildman–Crippen LogP) is 5.12. The Morgan fingerprint density at radius 3 is 1.50 bits per heavy atom. The number of hydrogen-bond donors (Lipinski definition) is 2. The Morgan fingerprint density at radius 1 is 0.727 bits per heavy atom. The van der Waals surface area contributed by atoms with Crippen molar-refractivity contribution in [2.24, 2.45) is 0 Å². The first-order valence-electron chi connectivity index (χ1n) is 14.8. The molecule has 0 aliphatic carbocycles. The maximum absolute atomic E-state index is 14.7. The number of rotatable bonds is 11. The number of aliphatic hydroxyl groups is 1. The normalized spacial score (nSPS) is 17.4. The molecular formula is C36H37N3O5. The molecule has 1 aliphatic heterocycles. The molecule has 8 nitrogen and oxygen atoms in total. The van der Waals surface area contributed by atoms with Gasteiger partial charge in [-0.1, -0.05) is 121 Å². The van der Waals surface area contributed by atoms with Crippen LogP contribution in [0.2, 0.25) is 0 Å². The topological polar surface area (TPSA) is 101 Å². The second-order valence-electron chi connectivity index (χ2n) is 11.0. The highest BCUT2D eigenvalue weighted by atomic mass is 16.4. The Morgan fingerprint density at radius 2 is 1.11 bits per heavy atom. The third kappa shape index (κ3) is 5.81. The molecule has 1 heterocycles. The Labute approximate surface area is 257 Å². The molecular weight excluding hydrogens is 554 g/mol. The summed E-state index contributed by atoms with van der Waals surface area (Å²) in [5, 5.41) is 23.0. The highest BCUT2D eigenvalue weighted by molar-refractivity contribution is 5.98. The molecule has 226 valence electrons. The van der Waals surface area contributed by atoms with Crippen molar-refractivity contribution >= 4 is 17.9 Å². The Hall–Kier alpha value is -4.95. The first kappa shape index (κ1) is 30.5. The molecule has 2 N–H and O–H groups in total.